The molecule has 0 bridgehead atoms. The molecule has 2 aromatic carbocycles. The van der Waals surface area contributed by atoms with E-state index in [1.54, 1.807) is 38.1 Å². The summed E-state index contributed by atoms with van der Waals surface area (Å²) in [7, 11) is 0. The van der Waals surface area contributed by atoms with E-state index in [0.29, 0.717) is 112 Å². The van der Waals surface area contributed by atoms with Crippen molar-refractivity contribution in [3.8, 4) is 11.4 Å². The van der Waals surface area contributed by atoms with Gasteiger partial charge in [-0.1, -0.05) is 45.4 Å². The van der Waals surface area contributed by atoms with E-state index in [1.807, 2.05) is 0 Å². The number of ether oxygens (including phenoxy) is 5. The van der Waals surface area contributed by atoms with Gasteiger partial charge >= 0.3 is 5.97 Å². The minimum Gasteiger partial charge on any atom is -0.458 e. The summed E-state index contributed by atoms with van der Waals surface area (Å²) < 4.78 is 44.7. The highest BCUT2D eigenvalue weighted by Gasteiger charge is 2.46. The summed E-state index contributed by atoms with van der Waals surface area (Å²) in [4.78, 5) is 143. The quantitative estimate of drug-likeness (QED) is 0.0126. The van der Waals surface area contributed by atoms with Gasteiger partial charge in [0.15, 0.2) is 5.60 Å². The van der Waals surface area contributed by atoms with Crippen LogP contribution in [-0.2, 0) is 97.0 Å². The van der Waals surface area contributed by atoms with Gasteiger partial charge in [-0.25, -0.2) is 24.1 Å². The Labute approximate surface area is 542 Å². The van der Waals surface area contributed by atoms with Crippen molar-refractivity contribution in [1.82, 2.24) is 61.6 Å². The topological polar surface area (TPSA) is 368 Å². The molecule has 8 amide bonds. The van der Waals surface area contributed by atoms with Crippen molar-refractivity contribution in [2.45, 2.75) is 74.1 Å². The molecule has 91 heavy (non-hydrogen) atoms. The number of cyclic esters (lactones) is 1. The number of halogens is 3. The van der Waals surface area contributed by atoms with Crippen molar-refractivity contribution < 1.29 is 76.3 Å². The van der Waals surface area contributed by atoms with Crippen LogP contribution in [0.25, 0.3) is 33.3 Å². The van der Waals surface area contributed by atoms with Gasteiger partial charge in [-0.15, -0.1) is 0 Å². The maximum atomic E-state index is 15.4. The maximum absolute atomic E-state index is 15.4. The number of fused-ring (bicyclic) bond motifs is 6. The molecule has 5 aromatic rings. The van der Waals surface area contributed by atoms with Crippen molar-refractivity contribution in [1.29, 1.82) is 0 Å². The van der Waals surface area contributed by atoms with Crippen LogP contribution in [0.2, 0.25) is 0 Å². The van der Waals surface area contributed by atoms with Crippen LogP contribution in [-0.4, -0.2) is 188 Å². The van der Waals surface area contributed by atoms with Gasteiger partial charge in [0.1, 0.15) is 12.4 Å². The molecule has 31 heteroatoms. The lowest BCUT2D eigenvalue weighted by atomic mass is 9.81. The Bertz CT molecular complexity index is 3740. The number of nitrogens with zero attached hydrogens (tertiary/aromatic N) is 5. The van der Waals surface area contributed by atoms with Gasteiger partial charge in [0.2, 0.25) is 41.4 Å². The summed E-state index contributed by atoms with van der Waals surface area (Å²) in [6.45, 7) is 3.23. The molecule has 1 unspecified atom stereocenters. The van der Waals surface area contributed by atoms with Crippen LogP contribution in [0.5, 0.6) is 0 Å². The number of carbonyl (C=O) groups excluding carboxylic acids is 9. The third-order valence-electron chi connectivity index (χ3n) is 16.0. The van der Waals surface area contributed by atoms with Crippen LogP contribution < -0.4 is 42.8 Å². The second-order valence-electron chi connectivity index (χ2n) is 21.8. The predicted molar refractivity (Wildman–Crippen MR) is 334 cm³/mol. The number of pyridine rings is 2. The van der Waals surface area contributed by atoms with Gasteiger partial charge in [-0.2, -0.15) is 0 Å². The third-order valence-corrected chi connectivity index (χ3v) is 17.2. The molecule has 3 aromatic heterocycles. The zero-order valence-corrected chi connectivity index (χ0v) is 53.7. The number of amides is 8. The summed E-state index contributed by atoms with van der Waals surface area (Å²) in [5.41, 5.74) is 4.93. The molecule has 1 aliphatic carbocycles. The van der Waals surface area contributed by atoms with Crippen molar-refractivity contribution in [3.05, 3.63) is 96.8 Å². The van der Waals surface area contributed by atoms with Gasteiger partial charge in [0, 0.05) is 64.0 Å². The van der Waals surface area contributed by atoms with Gasteiger partial charge in [-0.05, 0) is 67.1 Å². The molecule has 2 atom stereocenters. The number of hydrogen-bond acceptors (Lipinski definition) is 19. The van der Waals surface area contributed by atoms with Crippen LogP contribution in [0.4, 0.5) is 4.39 Å². The van der Waals surface area contributed by atoms with Crippen molar-refractivity contribution >= 4 is 114 Å². The molecule has 486 valence electrons. The molecule has 6 heterocycles. The lowest BCUT2D eigenvalue weighted by molar-refractivity contribution is -0.172. The summed E-state index contributed by atoms with van der Waals surface area (Å²) in [5.74, 6) is -6.26. The molecular formula is C60H69BrFIN12O16. The SMILES string of the molecule is CCC1(O)C(=O)OCc2c1cc1n(c2=O)Cc2c-1nc1cc(F)c(C)c3c1c2[C@H](NC(=O)C1CN(C(=O)CNC(=O)CNC(=O)CNC(=O)CNC(=O)CNC(=O)CCOCCOCCOCCOCCNC(=O)c2ccc4nc(CBr)c(CI)nc4c2)C1)CC3. The second-order valence-corrected chi connectivity index (χ2v) is 23.2. The van der Waals surface area contributed by atoms with Gasteiger partial charge in [0.05, 0.1) is 149 Å². The van der Waals surface area contributed by atoms with Gasteiger partial charge < -0.3 is 75.5 Å². The molecule has 1 fully saturated rings. The van der Waals surface area contributed by atoms with E-state index in [2.05, 4.69) is 85.7 Å². The fraction of sp³-hybridized carbons (Fsp3) is 0.483. The van der Waals surface area contributed by atoms with E-state index in [9.17, 15) is 53.1 Å². The highest BCUT2D eigenvalue weighted by atomic mass is 127. The Balaban J connectivity index is 0.576. The second kappa shape index (κ2) is 31.1. The summed E-state index contributed by atoms with van der Waals surface area (Å²) in [6, 6.07) is 7.54. The van der Waals surface area contributed by atoms with E-state index in [-0.39, 0.29) is 81.8 Å². The fourth-order valence-electron chi connectivity index (χ4n) is 10.9. The van der Waals surface area contributed by atoms with E-state index in [1.165, 1.54) is 15.5 Å². The normalized spacial score (nSPS) is 16.2. The predicted octanol–water partition coefficient (Wildman–Crippen LogP) is 0.330. The molecule has 0 spiro atoms. The van der Waals surface area contributed by atoms with Crippen LogP contribution in [0.1, 0.15) is 87.4 Å². The Hall–Kier alpha value is -7.69. The first-order chi connectivity index (χ1) is 43.8. The van der Waals surface area contributed by atoms with Crippen LogP contribution in [0.15, 0.2) is 35.1 Å². The lowest BCUT2D eigenvalue weighted by Crippen LogP contribution is -2.58. The first-order valence-electron chi connectivity index (χ1n) is 29.6. The minimum absolute atomic E-state index is 0.0343. The van der Waals surface area contributed by atoms with Crippen molar-refractivity contribution in [2.75, 3.05) is 105 Å². The fourth-order valence-corrected chi connectivity index (χ4v) is 12.0. The number of alkyl halides is 2. The van der Waals surface area contributed by atoms with Crippen LogP contribution in [0, 0.1) is 18.7 Å². The monoisotopic (exact) mass is 1440 g/mol. The third kappa shape index (κ3) is 16.1. The average molecular weight is 1440 g/mol. The minimum atomic E-state index is -2.05. The summed E-state index contributed by atoms with van der Waals surface area (Å²) >= 11 is 5.68. The van der Waals surface area contributed by atoms with Crippen molar-refractivity contribution in [3.63, 3.8) is 0 Å². The highest BCUT2D eigenvalue weighted by Crippen LogP contribution is 2.46. The Morgan fingerprint density at radius 3 is 1.97 bits per heavy atom. The molecule has 3 aliphatic heterocycles. The van der Waals surface area contributed by atoms with Gasteiger partial charge in [-0.3, -0.25) is 43.2 Å². The van der Waals surface area contributed by atoms with E-state index < -0.39 is 103 Å². The zero-order chi connectivity index (χ0) is 64.9. The Morgan fingerprint density at radius 2 is 1.34 bits per heavy atom. The summed E-state index contributed by atoms with van der Waals surface area (Å²) in [6.07, 6.45) is 0.741. The molecule has 4 aliphatic rings. The number of nitrogens with one attached hydrogen (secondary N) is 7. The first kappa shape index (κ1) is 67.7. The lowest BCUT2D eigenvalue weighted by Gasteiger charge is -2.39. The number of carbonyl (C=O) groups is 9. The number of benzene rings is 2. The van der Waals surface area contributed by atoms with E-state index >= 15 is 4.39 Å². The number of aromatic nitrogens is 4. The molecule has 8 N–H and O–H groups in total. The largest absolute Gasteiger partial charge is 0.458 e. The Kier molecular flexibility index (Phi) is 23.1. The Morgan fingerprint density at radius 1 is 0.736 bits per heavy atom. The molecule has 0 saturated carbocycles. The maximum Gasteiger partial charge on any atom is 0.343 e. The first-order valence-corrected chi connectivity index (χ1v) is 32.2. The number of hydrogen-bond donors (Lipinski definition) is 8. The highest BCUT2D eigenvalue weighted by molar-refractivity contribution is 14.1. The molecule has 0 radical (unpaired) electrons. The smallest absolute Gasteiger partial charge is 0.343 e. The average Bonchev–Trinajstić information content (AvgIpc) is 1.63. The summed E-state index contributed by atoms with van der Waals surface area (Å²) in [5, 5.41) is 30.4. The molecule has 9 rings (SSSR count). The van der Waals surface area contributed by atoms with Crippen molar-refractivity contribution in [2.24, 2.45) is 5.92 Å². The molecule has 28 nitrogen and oxygen atoms in total. The number of aliphatic hydroxyl groups is 1. The van der Waals surface area contributed by atoms with Crippen LogP contribution in [0.3, 0.4) is 0 Å². The number of rotatable bonds is 31. The number of likely N-dealkylation sites (tertiary alicyclic amines) is 1. The molecular weight excluding hydrogens is 1370 g/mol. The standard InChI is InChI=1S/C60H69BrFIN12O16/c1-3-60(86)38-19-46-55-36(30-75(46)58(84)37(38)31-91-59(60)85)54-41(7-5-35-32(2)39(62)20-43(72-55)53(35)54)73-57(83)34-28-74(29-34)52(81)27-69-51(80)26-68-50(79)25-67-49(78)24-66-48(77)23-65-47(76)8-10-87-12-14-89-16-17-90-15-13-88-11-9-64-56(82)33-4-6-40-42(18-33)71-45(22-63)44(21-61)70-40/h4,6,18-20,34,41,86H,3,5,7-17,21-31H2,1-2H3,(H,64,82)(H,65,76)(H,66,77)(H,67,78)(H,68,79)(H,69,80)(H,73,83)/t41-,60?/m1/s1. The van der Waals surface area contributed by atoms with E-state index in [0.717, 1.165) is 22.5 Å². The van der Waals surface area contributed by atoms with E-state index in [4.69, 9.17) is 28.7 Å². The zero-order valence-electron chi connectivity index (χ0n) is 50.0. The van der Waals surface area contributed by atoms with Gasteiger partial charge in [0.25, 0.3) is 11.5 Å². The van der Waals surface area contributed by atoms with Crippen LogP contribution >= 0.6 is 38.5 Å². The molecule has 1 saturated heterocycles. The number of aryl methyl sites for hydroxylation is 1. The number of esters is 1.